The number of carbonyl (C=O) groups is 3. The lowest BCUT2D eigenvalue weighted by molar-refractivity contribution is -0.149. The second-order valence-electron chi connectivity index (χ2n) is 10.7. The largest absolute Gasteiger partial charge is 0.395 e. The van der Waals surface area contributed by atoms with Crippen molar-refractivity contribution in [3.8, 4) is 0 Å². The molecule has 3 aliphatic rings. The van der Waals surface area contributed by atoms with Gasteiger partial charge in [0.1, 0.15) is 0 Å². The summed E-state index contributed by atoms with van der Waals surface area (Å²) in [5.41, 5.74) is 2.05. The van der Waals surface area contributed by atoms with Crippen LogP contribution < -0.4 is 9.80 Å². The van der Waals surface area contributed by atoms with Crippen LogP contribution in [0.3, 0.4) is 0 Å². The summed E-state index contributed by atoms with van der Waals surface area (Å²) in [5.74, 6) is -0.361. The first-order chi connectivity index (χ1) is 18.9. The Morgan fingerprint density at radius 2 is 2.00 bits per heavy atom. The van der Waals surface area contributed by atoms with Crippen molar-refractivity contribution in [1.29, 1.82) is 0 Å². The van der Waals surface area contributed by atoms with E-state index in [1.165, 1.54) is 0 Å². The molecule has 3 atom stereocenters. The summed E-state index contributed by atoms with van der Waals surface area (Å²) in [6.07, 6.45) is 4.26. The Labute approximate surface area is 229 Å². The first-order valence-electron chi connectivity index (χ1n) is 13.9. The number of fused-ring (bicyclic) bond motifs is 2. The van der Waals surface area contributed by atoms with Gasteiger partial charge in [-0.05, 0) is 43.0 Å². The van der Waals surface area contributed by atoms with Gasteiger partial charge in [0.15, 0.2) is 5.60 Å². The van der Waals surface area contributed by atoms with E-state index in [9.17, 15) is 19.5 Å². The lowest BCUT2D eigenvalue weighted by Crippen LogP contribution is -2.44. The molecule has 2 saturated heterocycles. The molecule has 2 fully saturated rings. The van der Waals surface area contributed by atoms with Crippen molar-refractivity contribution in [2.75, 3.05) is 36.0 Å². The van der Waals surface area contributed by atoms with Crippen LogP contribution in [0, 0.1) is 5.92 Å². The molecule has 8 nitrogen and oxygen atoms in total. The molecule has 1 N–H and O–H groups in total. The third-order valence-electron chi connectivity index (χ3n) is 8.18. The van der Waals surface area contributed by atoms with Crippen LogP contribution in [0.25, 0.3) is 0 Å². The Hall–Kier alpha value is -3.49. The standard InChI is InChI=1S/C31H37N3O5/c1-3-14-34-27-13-12-24(33-15-8-7-11-28(33)36)19-26(27)31(30(34)38)22(2)18-25(39-31)20-29(37)32(16-17-35)21-23-9-5-4-6-10-23/h3-6,9-10,12-13,19,22,25,35H,1,7-8,11,14-18,20-21H2,2H3/t22-,25-,31+/m1/s1. The third kappa shape index (κ3) is 4.99. The summed E-state index contributed by atoms with van der Waals surface area (Å²) in [6.45, 7) is 7.32. The van der Waals surface area contributed by atoms with E-state index < -0.39 is 11.7 Å². The average molecular weight is 532 g/mol. The van der Waals surface area contributed by atoms with Crippen molar-refractivity contribution < 1.29 is 24.2 Å². The monoisotopic (exact) mass is 531 g/mol. The summed E-state index contributed by atoms with van der Waals surface area (Å²) in [5, 5.41) is 9.60. The molecule has 0 unspecified atom stereocenters. The highest BCUT2D eigenvalue weighted by Gasteiger charge is 2.60. The normalized spacial score (nSPS) is 24.4. The number of carbonyl (C=O) groups excluding carboxylic acids is 3. The van der Waals surface area contributed by atoms with E-state index in [1.54, 1.807) is 20.8 Å². The number of aliphatic hydroxyl groups excluding tert-OH is 1. The molecule has 1 spiro atoms. The number of rotatable bonds is 9. The van der Waals surface area contributed by atoms with Crippen LogP contribution >= 0.6 is 0 Å². The number of hydrogen-bond acceptors (Lipinski definition) is 5. The van der Waals surface area contributed by atoms with Gasteiger partial charge in [-0.25, -0.2) is 0 Å². The van der Waals surface area contributed by atoms with Gasteiger partial charge in [0, 0.05) is 49.8 Å². The number of nitrogens with zero attached hydrogens (tertiary/aromatic N) is 3. The fourth-order valence-corrected chi connectivity index (χ4v) is 6.28. The van der Waals surface area contributed by atoms with Gasteiger partial charge in [0.2, 0.25) is 11.8 Å². The second kappa shape index (κ2) is 11.3. The summed E-state index contributed by atoms with van der Waals surface area (Å²) >= 11 is 0. The van der Waals surface area contributed by atoms with Crippen LogP contribution in [0.5, 0.6) is 0 Å². The predicted molar refractivity (Wildman–Crippen MR) is 149 cm³/mol. The van der Waals surface area contributed by atoms with Crippen LogP contribution in [0.4, 0.5) is 11.4 Å². The van der Waals surface area contributed by atoms with Crippen molar-refractivity contribution in [2.24, 2.45) is 5.92 Å². The molecule has 0 radical (unpaired) electrons. The molecular weight excluding hydrogens is 494 g/mol. The maximum absolute atomic E-state index is 14.0. The Kier molecular flexibility index (Phi) is 7.86. The molecule has 0 aromatic heterocycles. The molecule has 3 aliphatic heterocycles. The molecule has 5 rings (SSSR count). The molecule has 3 amide bonds. The molecule has 8 heteroatoms. The summed E-state index contributed by atoms with van der Waals surface area (Å²) in [7, 11) is 0. The second-order valence-corrected chi connectivity index (χ2v) is 10.7. The van der Waals surface area contributed by atoms with Gasteiger partial charge in [-0.15, -0.1) is 6.58 Å². The third-order valence-corrected chi connectivity index (χ3v) is 8.18. The maximum atomic E-state index is 14.0. The Morgan fingerprint density at radius 1 is 1.21 bits per heavy atom. The van der Waals surface area contributed by atoms with Crippen molar-refractivity contribution >= 4 is 29.1 Å². The molecule has 3 heterocycles. The van der Waals surface area contributed by atoms with E-state index in [1.807, 2.05) is 55.5 Å². The summed E-state index contributed by atoms with van der Waals surface area (Å²) in [4.78, 5) is 45.2. The van der Waals surface area contributed by atoms with Crippen molar-refractivity contribution in [1.82, 2.24) is 4.90 Å². The van der Waals surface area contributed by atoms with E-state index in [0.29, 0.717) is 32.5 Å². The Morgan fingerprint density at radius 3 is 2.72 bits per heavy atom. The van der Waals surface area contributed by atoms with Gasteiger partial charge in [-0.2, -0.15) is 0 Å². The van der Waals surface area contributed by atoms with Gasteiger partial charge in [0.05, 0.1) is 24.8 Å². The molecule has 0 bridgehead atoms. The number of aliphatic hydroxyl groups is 1. The number of hydrogen-bond donors (Lipinski definition) is 1. The fourth-order valence-electron chi connectivity index (χ4n) is 6.28. The van der Waals surface area contributed by atoms with Crippen LogP contribution in [0.1, 0.15) is 50.2 Å². The number of anilines is 2. The van der Waals surface area contributed by atoms with E-state index in [-0.39, 0.29) is 43.2 Å². The van der Waals surface area contributed by atoms with Crippen LogP contribution in [-0.4, -0.2) is 60.1 Å². The van der Waals surface area contributed by atoms with Gasteiger partial charge >= 0.3 is 0 Å². The molecule has 0 saturated carbocycles. The Bertz CT molecular complexity index is 1250. The minimum absolute atomic E-state index is 0.0915. The van der Waals surface area contributed by atoms with Crippen molar-refractivity contribution in [3.05, 3.63) is 72.3 Å². The van der Waals surface area contributed by atoms with Gasteiger partial charge in [-0.1, -0.05) is 43.3 Å². The highest BCUT2D eigenvalue weighted by atomic mass is 16.5. The van der Waals surface area contributed by atoms with Crippen molar-refractivity contribution in [3.63, 3.8) is 0 Å². The fraction of sp³-hybridized carbons (Fsp3) is 0.452. The number of benzene rings is 2. The lowest BCUT2D eigenvalue weighted by Gasteiger charge is -2.30. The zero-order valence-electron chi connectivity index (χ0n) is 22.6. The average Bonchev–Trinajstić information content (AvgIpc) is 3.38. The lowest BCUT2D eigenvalue weighted by atomic mass is 9.82. The first kappa shape index (κ1) is 27.1. The summed E-state index contributed by atoms with van der Waals surface area (Å²) in [6, 6.07) is 15.4. The molecule has 0 aliphatic carbocycles. The predicted octanol–water partition coefficient (Wildman–Crippen LogP) is 3.77. The first-order valence-corrected chi connectivity index (χ1v) is 13.9. The highest BCUT2D eigenvalue weighted by molar-refractivity contribution is 6.08. The number of piperidine rings is 1. The minimum Gasteiger partial charge on any atom is -0.395 e. The summed E-state index contributed by atoms with van der Waals surface area (Å²) < 4.78 is 6.62. The smallest absolute Gasteiger partial charge is 0.264 e. The number of ether oxygens (including phenoxy) is 1. The van der Waals surface area contributed by atoms with E-state index in [4.69, 9.17) is 4.74 Å². The maximum Gasteiger partial charge on any atom is 0.264 e. The molecule has 206 valence electrons. The van der Waals surface area contributed by atoms with E-state index >= 15 is 0 Å². The Balaban J connectivity index is 1.42. The molecular formula is C31H37N3O5. The molecule has 39 heavy (non-hydrogen) atoms. The van der Waals surface area contributed by atoms with E-state index in [2.05, 4.69) is 6.58 Å². The quantitative estimate of drug-likeness (QED) is 0.498. The number of amides is 3. The van der Waals surface area contributed by atoms with Gasteiger partial charge in [-0.3, -0.25) is 14.4 Å². The zero-order chi connectivity index (χ0) is 27.6. The SMILES string of the molecule is C=CCN1C(=O)[C@@]2(O[C@@H](CC(=O)N(CCO)Cc3ccccc3)C[C@H]2C)c2cc(N3CCCCC3=O)ccc21. The van der Waals surface area contributed by atoms with Gasteiger partial charge < -0.3 is 24.5 Å². The minimum atomic E-state index is -1.22. The molecule has 2 aromatic carbocycles. The van der Waals surface area contributed by atoms with E-state index in [0.717, 1.165) is 35.3 Å². The van der Waals surface area contributed by atoms with Gasteiger partial charge in [0.25, 0.3) is 5.91 Å². The van der Waals surface area contributed by atoms with Crippen LogP contribution in [0.15, 0.2) is 61.2 Å². The van der Waals surface area contributed by atoms with Crippen molar-refractivity contribution in [2.45, 2.75) is 57.3 Å². The highest BCUT2D eigenvalue weighted by Crippen LogP contribution is 2.54. The molecule has 2 aromatic rings. The van der Waals surface area contributed by atoms with Crippen LogP contribution in [0.2, 0.25) is 0 Å². The topological polar surface area (TPSA) is 90.4 Å². The van der Waals surface area contributed by atoms with Crippen LogP contribution in [-0.2, 0) is 31.3 Å². The zero-order valence-corrected chi connectivity index (χ0v) is 22.6.